The molecule has 0 heteroatoms. The molecule has 0 saturated carbocycles. The summed E-state index contributed by atoms with van der Waals surface area (Å²) in [4.78, 5) is 0. The summed E-state index contributed by atoms with van der Waals surface area (Å²) >= 11 is 0. The van der Waals surface area contributed by atoms with E-state index >= 15 is 0 Å². The molecule has 0 unspecified atom stereocenters. The largest absolute Gasteiger partial charge is 0.0991 e. The summed E-state index contributed by atoms with van der Waals surface area (Å²) in [5.41, 5.74) is 2.65. The minimum Gasteiger partial charge on any atom is -0.0991 e. The fourth-order valence-electron chi connectivity index (χ4n) is 1.76. The molecule has 0 aliphatic heterocycles. The average molecular weight is 224 g/mol. The van der Waals surface area contributed by atoms with Crippen molar-refractivity contribution >= 4 is 11.6 Å². The average Bonchev–Trinajstić information content (AvgIpc) is 2.32. The molecule has 0 bridgehead atoms. The van der Waals surface area contributed by atoms with Crippen LogP contribution in [-0.4, -0.2) is 0 Å². The molecule has 0 N–H and O–H groups in total. The number of rotatable bonds is 4. The molecule has 1 rings (SSSR count). The van der Waals surface area contributed by atoms with E-state index in [-0.39, 0.29) is 0 Å². The number of aryl methyl sites for hydroxylation is 1. The van der Waals surface area contributed by atoms with E-state index in [1.54, 1.807) is 6.08 Å². The van der Waals surface area contributed by atoms with Gasteiger partial charge in [-0.3, -0.25) is 0 Å². The Morgan fingerprint density at radius 1 is 1.24 bits per heavy atom. The quantitative estimate of drug-likeness (QED) is 0.689. The predicted octanol–water partition coefficient (Wildman–Crippen LogP) is 3.26. The molecule has 88 valence electrons. The Balaban J connectivity index is 3.35. The van der Waals surface area contributed by atoms with E-state index in [9.17, 15) is 0 Å². The second-order valence-electron chi connectivity index (χ2n) is 4.14. The second kappa shape index (κ2) is 6.70. The van der Waals surface area contributed by atoms with Crippen molar-refractivity contribution in [2.45, 2.75) is 20.3 Å². The van der Waals surface area contributed by atoms with Crippen molar-refractivity contribution in [1.29, 1.82) is 0 Å². The van der Waals surface area contributed by atoms with Gasteiger partial charge < -0.3 is 0 Å². The smallest absolute Gasteiger partial charge is 0.0129 e. The lowest BCUT2D eigenvalue weighted by molar-refractivity contribution is 1.30. The molecule has 0 aromatic heterocycles. The van der Waals surface area contributed by atoms with Crippen LogP contribution in [0.4, 0.5) is 0 Å². The van der Waals surface area contributed by atoms with Crippen molar-refractivity contribution in [3.8, 4) is 0 Å². The maximum atomic E-state index is 3.76. The van der Waals surface area contributed by atoms with Crippen LogP contribution < -0.4 is 10.4 Å². The van der Waals surface area contributed by atoms with Crippen LogP contribution in [0.5, 0.6) is 0 Å². The van der Waals surface area contributed by atoms with Crippen molar-refractivity contribution in [1.82, 2.24) is 0 Å². The zero-order valence-electron chi connectivity index (χ0n) is 10.7. The topological polar surface area (TPSA) is 0 Å². The van der Waals surface area contributed by atoms with Gasteiger partial charge in [-0.15, -0.1) is 0 Å². The number of allylic oxidation sites excluding steroid dienone is 4. The molecule has 1 aromatic rings. The SMILES string of the molecule is C=C/C=C\C/C(C)=c1/cc(C)cc/c1=C/C=C. The van der Waals surface area contributed by atoms with Gasteiger partial charge in [0.1, 0.15) is 0 Å². The van der Waals surface area contributed by atoms with Gasteiger partial charge in [-0.25, -0.2) is 0 Å². The van der Waals surface area contributed by atoms with E-state index in [0.717, 1.165) is 6.42 Å². The van der Waals surface area contributed by atoms with Crippen molar-refractivity contribution in [3.05, 3.63) is 71.7 Å². The van der Waals surface area contributed by atoms with Gasteiger partial charge in [-0.05, 0) is 30.7 Å². The summed E-state index contributed by atoms with van der Waals surface area (Å²) in [5.74, 6) is 0. The fourth-order valence-corrected chi connectivity index (χ4v) is 1.76. The lowest BCUT2D eigenvalue weighted by atomic mass is 10.1. The Morgan fingerprint density at radius 3 is 2.65 bits per heavy atom. The Kier molecular flexibility index (Phi) is 5.22. The van der Waals surface area contributed by atoms with Crippen LogP contribution in [0.2, 0.25) is 0 Å². The standard InChI is InChI=1S/C17H20/c1-5-7-8-10-15(4)17-13-14(3)11-12-16(17)9-6-2/h5-9,11-13H,1-2,10H2,3-4H3/b8-7-,16-9-,17-15-. The Bertz CT molecular complexity index is 542. The number of benzene rings is 1. The van der Waals surface area contributed by atoms with E-state index in [0.29, 0.717) is 0 Å². The van der Waals surface area contributed by atoms with Gasteiger partial charge in [0.15, 0.2) is 0 Å². The minimum absolute atomic E-state index is 0.952. The lowest BCUT2D eigenvalue weighted by Crippen LogP contribution is -2.26. The highest BCUT2D eigenvalue weighted by Crippen LogP contribution is 2.00. The molecular weight excluding hydrogens is 204 g/mol. The first-order valence-electron chi connectivity index (χ1n) is 5.86. The first-order chi connectivity index (χ1) is 8.19. The van der Waals surface area contributed by atoms with Crippen LogP contribution in [0.3, 0.4) is 0 Å². The van der Waals surface area contributed by atoms with E-state index in [1.807, 2.05) is 12.2 Å². The molecule has 0 nitrogen and oxygen atoms in total. The summed E-state index contributed by atoms with van der Waals surface area (Å²) in [6.45, 7) is 11.7. The highest BCUT2D eigenvalue weighted by Gasteiger charge is 1.92. The normalized spacial score (nSPS) is 13.9. The maximum Gasteiger partial charge on any atom is -0.0129 e. The molecule has 0 radical (unpaired) electrons. The summed E-state index contributed by atoms with van der Waals surface area (Å²) in [6.07, 6.45) is 10.8. The molecule has 0 heterocycles. The van der Waals surface area contributed by atoms with E-state index in [2.05, 4.69) is 57.4 Å². The maximum absolute atomic E-state index is 3.76. The van der Waals surface area contributed by atoms with Crippen molar-refractivity contribution < 1.29 is 0 Å². The van der Waals surface area contributed by atoms with Crippen LogP contribution in [0.1, 0.15) is 18.9 Å². The molecule has 0 aliphatic carbocycles. The van der Waals surface area contributed by atoms with Gasteiger partial charge in [-0.1, -0.05) is 72.9 Å². The van der Waals surface area contributed by atoms with E-state index in [4.69, 9.17) is 0 Å². The first-order valence-corrected chi connectivity index (χ1v) is 5.86. The van der Waals surface area contributed by atoms with Crippen LogP contribution in [0.25, 0.3) is 11.6 Å². The Morgan fingerprint density at radius 2 is 2.00 bits per heavy atom. The second-order valence-corrected chi connectivity index (χ2v) is 4.14. The van der Waals surface area contributed by atoms with Crippen LogP contribution in [0, 0.1) is 6.92 Å². The van der Waals surface area contributed by atoms with E-state index in [1.165, 1.54) is 21.6 Å². The molecule has 0 atom stereocenters. The lowest BCUT2D eigenvalue weighted by Gasteiger charge is -2.00. The molecule has 0 amide bonds. The predicted molar refractivity (Wildman–Crippen MR) is 78.1 cm³/mol. The van der Waals surface area contributed by atoms with Gasteiger partial charge in [-0.2, -0.15) is 0 Å². The van der Waals surface area contributed by atoms with Gasteiger partial charge in [0, 0.05) is 0 Å². The van der Waals surface area contributed by atoms with Crippen molar-refractivity contribution in [2.75, 3.05) is 0 Å². The van der Waals surface area contributed by atoms with Crippen molar-refractivity contribution in [2.24, 2.45) is 0 Å². The van der Waals surface area contributed by atoms with Gasteiger partial charge >= 0.3 is 0 Å². The highest BCUT2D eigenvalue weighted by molar-refractivity contribution is 5.48. The molecule has 0 fully saturated rings. The van der Waals surface area contributed by atoms with Crippen LogP contribution >= 0.6 is 0 Å². The molecule has 0 saturated heterocycles. The molecule has 0 spiro atoms. The zero-order chi connectivity index (χ0) is 12.7. The summed E-state index contributed by atoms with van der Waals surface area (Å²) < 4.78 is 0. The third kappa shape index (κ3) is 3.92. The third-order valence-electron chi connectivity index (χ3n) is 2.66. The molecule has 0 aliphatic rings. The van der Waals surface area contributed by atoms with Crippen molar-refractivity contribution in [3.63, 3.8) is 0 Å². The van der Waals surface area contributed by atoms with Crippen LogP contribution in [0.15, 0.2) is 55.7 Å². The molecule has 17 heavy (non-hydrogen) atoms. The fraction of sp³-hybridized carbons (Fsp3) is 0.176. The summed E-state index contributed by atoms with van der Waals surface area (Å²) in [6, 6.07) is 6.51. The van der Waals surface area contributed by atoms with E-state index < -0.39 is 0 Å². The Labute approximate surface area is 104 Å². The number of hydrogen-bond donors (Lipinski definition) is 0. The van der Waals surface area contributed by atoms with Gasteiger partial charge in [0.2, 0.25) is 0 Å². The highest BCUT2D eigenvalue weighted by atomic mass is 14.0. The zero-order valence-corrected chi connectivity index (χ0v) is 10.7. The summed E-state index contributed by atoms with van der Waals surface area (Å²) in [7, 11) is 0. The summed E-state index contributed by atoms with van der Waals surface area (Å²) in [5, 5.41) is 2.54. The Hall–Kier alpha value is -1.82. The van der Waals surface area contributed by atoms with Gasteiger partial charge in [0.25, 0.3) is 0 Å². The first kappa shape index (κ1) is 13.2. The molecule has 1 aromatic carbocycles. The third-order valence-corrected chi connectivity index (χ3v) is 2.66. The number of hydrogen-bond acceptors (Lipinski definition) is 0. The monoisotopic (exact) mass is 224 g/mol. The van der Waals surface area contributed by atoms with Crippen LogP contribution in [-0.2, 0) is 0 Å². The molecular formula is C17H20. The van der Waals surface area contributed by atoms with Gasteiger partial charge in [0.05, 0.1) is 0 Å². The minimum atomic E-state index is 0.952.